The van der Waals surface area contributed by atoms with Crippen LogP contribution in [0.2, 0.25) is 0 Å². The van der Waals surface area contributed by atoms with Gasteiger partial charge in [0, 0.05) is 12.6 Å². The highest BCUT2D eigenvalue weighted by Crippen LogP contribution is 2.25. The first-order chi connectivity index (χ1) is 16.4. The number of carbonyl (C=O) groups excluding carboxylic acids is 2. The van der Waals surface area contributed by atoms with Crippen LogP contribution in [-0.4, -0.2) is 50.0 Å². The van der Waals surface area contributed by atoms with Gasteiger partial charge in [-0.2, -0.15) is 0 Å². The van der Waals surface area contributed by atoms with Crippen LogP contribution in [-0.2, 0) is 26.2 Å². The van der Waals surface area contributed by atoms with Gasteiger partial charge in [-0.15, -0.1) is 0 Å². The standard InChI is InChI=1S/C27H39N3O4S/c1-8-22(6)28-27(32)24(9-2)29(17-23-13-11-10-12-20(23)4)26(31)18-30(35(7,33)34)25-16-19(3)14-15-21(25)5/h10-16,22,24H,8-9,17-18H2,1-7H3,(H,28,32)/t22-,24+/m0/s1. The lowest BCUT2D eigenvalue weighted by Crippen LogP contribution is -2.53. The molecule has 0 fully saturated rings. The molecule has 0 aliphatic carbocycles. The van der Waals surface area contributed by atoms with E-state index in [1.165, 1.54) is 4.90 Å². The Bertz CT molecular complexity index is 1150. The zero-order chi connectivity index (χ0) is 26.3. The minimum absolute atomic E-state index is 0.0329. The molecule has 8 heteroatoms. The molecule has 0 aliphatic rings. The number of nitrogens with one attached hydrogen (secondary N) is 1. The van der Waals surface area contributed by atoms with Crippen molar-refractivity contribution in [1.82, 2.24) is 10.2 Å². The summed E-state index contributed by atoms with van der Waals surface area (Å²) in [5, 5.41) is 2.98. The Kier molecular flexibility index (Phi) is 9.89. The Morgan fingerprint density at radius 3 is 2.20 bits per heavy atom. The number of anilines is 1. The molecule has 0 aromatic heterocycles. The first-order valence-corrected chi connectivity index (χ1v) is 13.9. The quantitative estimate of drug-likeness (QED) is 0.502. The predicted octanol–water partition coefficient (Wildman–Crippen LogP) is 4.10. The van der Waals surface area contributed by atoms with Gasteiger partial charge in [0.25, 0.3) is 0 Å². The van der Waals surface area contributed by atoms with E-state index in [-0.39, 0.29) is 25.0 Å². The zero-order valence-electron chi connectivity index (χ0n) is 22.0. The second kappa shape index (κ2) is 12.2. The van der Waals surface area contributed by atoms with Crippen LogP contribution in [0, 0.1) is 20.8 Å². The summed E-state index contributed by atoms with van der Waals surface area (Å²) in [5.41, 5.74) is 4.02. The number of aryl methyl sites for hydroxylation is 3. The number of hydrogen-bond acceptors (Lipinski definition) is 4. The smallest absolute Gasteiger partial charge is 0.244 e. The summed E-state index contributed by atoms with van der Waals surface area (Å²) in [6.07, 6.45) is 2.27. The van der Waals surface area contributed by atoms with Gasteiger partial charge in [-0.1, -0.05) is 50.2 Å². The van der Waals surface area contributed by atoms with Crippen molar-refractivity contribution in [3.05, 3.63) is 64.7 Å². The summed E-state index contributed by atoms with van der Waals surface area (Å²) in [5.74, 6) is -0.660. The number of rotatable bonds is 11. The Balaban J connectivity index is 2.50. The summed E-state index contributed by atoms with van der Waals surface area (Å²) in [7, 11) is -3.76. The van der Waals surface area contributed by atoms with E-state index in [1.807, 2.05) is 77.9 Å². The minimum atomic E-state index is -3.76. The molecule has 0 aliphatic heterocycles. The molecule has 192 valence electrons. The lowest BCUT2D eigenvalue weighted by atomic mass is 10.1. The molecule has 0 spiro atoms. The average molecular weight is 502 g/mol. The SMILES string of the molecule is CC[C@H](C(=O)N[C@@H](C)CC)N(Cc1ccccc1C)C(=O)CN(c1cc(C)ccc1C)S(C)(=O)=O. The topological polar surface area (TPSA) is 86.8 Å². The van der Waals surface area contributed by atoms with Gasteiger partial charge in [-0.3, -0.25) is 13.9 Å². The van der Waals surface area contributed by atoms with Crippen molar-refractivity contribution in [1.29, 1.82) is 0 Å². The number of benzene rings is 2. The van der Waals surface area contributed by atoms with E-state index in [2.05, 4.69) is 5.32 Å². The summed E-state index contributed by atoms with van der Waals surface area (Å²) in [6.45, 7) is 11.2. The van der Waals surface area contributed by atoms with Crippen molar-refractivity contribution < 1.29 is 18.0 Å². The van der Waals surface area contributed by atoms with Crippen LogP contribution in [0.4, 0.5) is 5.69 Å². The molecule has 2 rings (SSSR count). The molecule has 0 unspecified atom stereocenters. The Morgan fingerprint density at radius 2 is 1.63 bits per heavy atom. The van der Waals surface area contributed by atoms with Crippen LogP contribution < -0.4 is 9.62 Å². The molecule has 1 N–H and O–H groups in total. The molecule has 0 bridgehead atoms. The maximum absolute atomic E-state index is 13.8. The molecule has 2 atom stereocenters. The predicted molar refractivity (Wildman–Crippen MR) is 142 cm³/mol. The highest BCUT2D eigenvalue weighted by molar-refractivity contribution is 7.92. The molecular weight excluding hydrogens is 462 g/mol. The number of sulfonamides is 1. The van der Waals surface area contributed by atoms with Crippen LogP contribution in [0.15, 0.2) is 42.5 Å². The third-order valence-corrected chi connectivity index (χ3v) is 7.43. The van der Waals surface area contributed by atoms with Crippen LogP contribution in [0.1, 0.15) is 55.9 Å². The number of nitrogens with zero attached hydrogens (tertiary/aromatic N) is 2. The first kappa shape index (κ1) is 28.4. The van der Waals surface area contributed by atoms with Crippen LogP contribution in [0.3, 0.4) is 0 Å². The fourth-order valence-corrected chi connectivity index (χ4v) is 4.81. The largest absolute Gasteiger partial charge is 0.352 e. The molecule has 0 saturated carbocycles. The maximum atomic E-state index is 13.8. The third-order valence-electron chi connectivity index (χ3n) is 6.30. The monoisotopic (exact) mass is 501 g/mol. The van der Waals surface area contributed by atoms with E-state index in [0.29, 0.717) is 12.1 Å². The van der Waals surface area contributed by atoms with Gasteiger partial charge in [0.15, 0.2) is 0 Å². The molecule has 2 amide bonds. The fraction of sp³-hybridized carbons (Fsp3) is 0.481. The average Bonchev–Trinajstić information content (AvgIpc) is 2.79. The van der Waals surface area contributed by atoms with Crippen molar-refractivity contribution >= 4 is 27.5 Å². The van der Waals surface area contributed by atoms with Crippen molar-refractivity contribution in [3.8, 4) is 0 Å². The molecule has 7 nitrogen and oxygen atoms in total. The van der Waals surface area contributed by atoms with E-state index in [4.69, 9.17) is 0 Å². The van der Waals surface area contributed by atoms with Gasteiger partial charge in [0.2, 0.25) is 21.8 Å². The maximum Gasteiger partial charge on any atom is 0.244 e. The first-order valence-electron chi connectivity index (χ1n) is 12.1. The van der Waals surface area contributed by atoms with E-state index in [0.717, 1.165) is 39.2 Å². The van der Waals surface area contributed by atoms with E-state index in [9.17, 15) is 18.0 Å². The Labute approximate surface area is 210 Å². The van der Waals surface area contributed by atoms with E-state index in [1.54, 1.807) is 6.07 Å². The number of carbonyl (C=O) groups is 2. The molecule has 0 heterocycles. The lowest BCUT2D eigenvalue weighted by Gasteiger charge is -2.34. The number of hydrogen-bond donors (Lipinski definition) is 1. The van der Waals surface area contributed by atoms with Gasteiger partial charge < -0.3 is 10.2 Å². The molecule has 2 aromatic carbocycles. The van der Waals surface area contributed by atoms with Crippen molar-refractivity contribution in [3.63, 3.8) is 0 Å². The second-order valence-electron chi connectivity index (χ2n) is 9.25. The normalized spacial score (nSPS) is 13.1. The van der Waals surface area contributed by atoms with Crippen LogP contribution in [0.5, 0.6) is 0 Å². The van der Waals surface area contributed by atoms with Gasteiger partial charge in [0.05, 0.1) is 11.9 Å². The highest BCUT2D eigenvalue weighted by atomic mass is 32.2. The van der Waals surface area contributed by atoms with Crippen LogP contribution >= 0.6 is 0 Å². The fourth-order valence-electron chi connectivity index (χ4n) is 3.91. The molecular formula is C27H39N3O4S. The highest BCUT2D eigenvalue weighted by Gasteiger charge is 2.32. The summed E-state index contributed by atoms with van der Waals surface area (Å²) >= 11 is 0. The molecule has 2 aromatic rings. The van der Waals surface area contributed by atoms with Crippen molar-refractivity contribution in [2.45, 2.75) is 73.0 Å². The summed E-state index contributed by atoms with van der Waals surface area (Å²) in [4.78, 5) is 28.5. The third kappa shape index (κ3) is 7.56. The Morgan fingerprint density at radius 1 is 0.971 bits per heavy atom. The molecule has 35 heavy (non-hydrogen) atoms. The van der Waals surface area contributed by atoms with Gasteiger partial charge >= 0.3 is 0 Å². The second-order valence-corrected chi connectivity index (χ2v) is 11.2. The van der Waals surface area contributed by atoms with Crippen LogP contribution in [0.25, 0.3) is 0 Å². The van der Waals surface area contributed by atoms with Crippen molar-refractivity contribution in [2.24, 2.45) is 0 Å². The molecule has 0 saturated heterocycles. The number of amides is 2. The molecule has 0 radical (unpaired) electrons. The van der Waals surface area contributed by atoms with E-state index >= 15 is 0 Å². The Hall–Kier alpha value is -2.87. The lowest BCUT2D eigenvalue weighted by molar-refractivity contribution is -0.140. The van der Waals surface area contributed by atoms with Crippen molar-refractivity contribution in [2.75, 3.05) is 17.1 Å². The van der Waals surface area contributed by atoms with Gasteiger partial charge in [-0.25, -0.2) is 8.42 Å². The van der Waals surface area contributed by atoms with Gasteiger partial charge in [-0.05, 0) is 68.9 Å². The summed E-state index contributed by atoms with van der Waals surface area (Å²) in [6, 6.07) is 12.4. The van der Waals surface area contributed by atoms with Gasteiger partial charge in [0.1, 0.15) is 12.6 Å². The van der Waals surface area contributed by atoms with E-state index < -0.39 is 22.0 Å². The zero-order valence-corrected chi connectivity index (χ0v) is 22.8. The summed E-state index contributed by atoms with van der Waals surface area (Å²) < 4.78 is 26.7. The minimum Gasteiger partial charge on any atom is -0.352 e.